The molecule has 0 aliphatic heterocycles. The van der Waals surface area contributed by atoms with Crippen LogP contribution in [0.2, 0.25) is 5.02 Å². The van der Waals surface area contributed by atoms with E-state index in [2.05, 4.69) is 22.2 Å². The molecule has 0 spiro atoms. The van der Waals surface area contributed by atoms with E-state index in [1.165, 1.54) is 6.33 Å². The zero-order valence-corrected chi connectivity index (χ0v) is 14.2. The van der Waals surface area contributed by atoms with Gasteiger partial charge in [0.25, 0.3) is 0 Å². The van der Waals surface area contributed by atoms with Gasteiger partial charge in [-0.15, -0.1) is 0 Å². The maximum Gasteiger partial charge on any atom is 0.153 e. The van der Waals surface area contributed by atoms with E-state index in [0.29, 0.717) is 34.6 Å². The number of ether oxygens (including phenoxy) is 2. The summed E-state index contributed by atoms with van der Waals surface area (Å²) >= 11 is 6.31. The van der Waals surface area contributed by atoms with Crippen molar-refractivity contribution >= 4 is 23.1 Å². The van der Waals surface area contributed by atoms with Crippen LogP contribution in [0.5, 0.6) is 5.75 Å². The molecule has 1 aromatic carbocycles. The van der Waals surface area contributed by atoms with Crippen LogP contribution in [0.3, 0.4) is 0 Å². The number of benzene rings is 1. The van der Waals surface area contributed by atoms with Crippen molar-refractivity contribution in [1.82, 2.24) is 9.97 Å². The van der Waals surface area contributed by atoms with Crippen LogP contribution in [-0.2, 0) is 4.74 Å². The molecule has 0 fully saturated rings. The Morgan fingerprint density at radius 3 is 2.70 bits per heavy atom. The number of anilines is 2. The molecule has 0 amide bonds. The van der Waals surface area contributed by atoms with Crippen molar-refractivity contribution in [3.05, 3.63) is 29.5 Å². The van der Waals surface area contributed by atoms with Crippen LogP contribution in [0, 0.1) is 0 Å². The average molecular weight is 337 g/mol. The molecule has 2 rings (SSSR count). The molecule has 0 saturated carbocycles. The molecule has 6 nitrogen and oxygen atoms in total. The first-order chi connectivity index (χ1) is 11.1. The highest BCUT2D eigenvalue weighted by Crippen LogP contribution is 2.35. The minimum absolute atomic E-state index is 0.122. The van der Waals surface area contributed by atoms with Crippen LogP contribution in [0.1, 0.15) is 13.3 Å². The third-order valence-corrected chi connectivity index (χ3v) is 3.83. The standard InChI is InChI=1S/C16H21ClN4O2/c1-4-10(8-22-2)21-16-14(18)15(19-9-20-16)12-6-5-11(23-3)7-13(12)17/h5-7,9-10H,4,8,18H2,1-3H3,(H,19,20,21). The van der Waals surface area contributed by atoms with Crippen molar-refractivity contribution in [2.24, 2.45) is 0 Å². The Hall–Kier alpha value is -2.05. The topological polar surface area (TPSA) is 82.3 Å². The molecule has 23 heavy (non-hydrogen) atoms. The Bertz CT molecular complexity index is 667. The van der Waals surface area contributed by atoms with E-state index in [4.69, 9.17) is 26.8 Å². The molecular weight excluding hydrogens is 316 g/mol. The highest BCUT2D eigenvalue weighted by molar-refractivity contribution is 6.33. The van der Waals surface area contributed by atoms with Gasteiger partial charge in [0.05, 0.1) is 24.8 Å². The van der Waals surface area contributed by atoms with Gasteiger partial charge in [-0.3, -0.25) is 0 Å². The van der Waals surface area contributed by atoms with Gasteiger partial charge in [0.2, 0.25) is 0 Å². The Kier molecular flexibility index (Phi) is 6.01. The Morgan fingerprint density at radius 2 is 2.09 bits per heavy atom. The van der Waals surface area contributed by atoms with Crippen LogP contribution in [-0.4, -0.2) is 36.8 Å². The fraction of sp³-hybridized carbons (Fsp3) is 0.375. The predicted molar refractivity (Wildman–Crippen MR) is 93.0 cm³/mol. The van der Waals surface area contributed by atoms with Gasteiger partial charge < -0.3 is 20.5 Å². The SMILES string of the molecule is CCC(COC)Nc1ncnc(-c2ccc(OC)cc2Cl)c1N. The average Bonchev–Trinajstić information content (AvgIpc) is 2.56. The van der Waals surface area contributed by atoms with Gasteiger partial charge in [-0.25, -0.2) is 9.97 Å². The molecule has 0 aliphatic carbocycles. The summed E-state index contributed by atoms with van der Waals surface area (Å²) in [5.41, 5.74) is 8.01. The zero-order chi connectivity index (χ0) is 16.8. The lowest BCUT2D eigenvalue weighted by Gasteiger charge is -2.18. The van der Waals surface area contributed by atoms with Gasteiger partial charge in [-0.2, -0.15) is 0 Å². The van der Waals surface area contributed by atoms with Gasteiger partial charge in [0.1, 0.15) is 23.5 Å². The van der Waals surface area contributed by atoms with Gasteiger partial charge in [-0.1, -0.05) is 18.5 Å². The summed E-state index contributed by atoms with van der Waals surface area (Å²) in [5, 5.41) is 3.80. The summed E-state index contributed by atoms with van der Waals surface area (Å²) in [6, 6.07) is 5.49. The first-order valence-corrected chi connectivity index (χ1v) is 7.68. The number of rotatable bonds is 7. The third kappa shape index (κ3) is 4.03. The molecule has 1 aromatic heterocycles. The maximum atomic E-state index is 6.31. The van der Waals surface area contributed by atoms with Crippen LogP contribution in [0.25, 0.3) is 11.3 Å². The largest absolute Gasteiger partial charge is 0.497 e. The first-order valence-electron chi connectivity index (χ1n) is 7.30. The third-order valence-electron chi connectivity index (χ3n) is 3.52. The van der Waals surface area contributed by atoms with E-state index < -0.39 is 0 Å². The minimum atomic E-state index is 0.122. The lowest BCUT2D eigenvalue weighted by Crippen LogP contribution is -2.25. The molecule has 0 aliphatic rings. The Labute approximate surface area is 141 Å². The summed E-state index contributed by atoms with van der Waals surface area (Å²) in [5.74, 6) is 1.25. The molecule has 124 valence electrons. The highest BCUT2D eigenvalue weighted by Gasteiger charge is 2.15. The second kappa shape index (κ2) is 7.99. The van der Waals surface area contributed by atoms with Crippen molar-refractivity contribution in [3.8, 4) is 17.0 Å². The van der Waals surface area contributed by atoms with E-state index in [1.54, 1.807) is 20.3 Å². The smallest absolute Gasteiger partial charge is 0.153 e. The summed E-state index contributed by atoms with van der Waals surface area (Å²) in [4.78, 5) is 8.50. The van der Waals surface area contributed by atoms with Crippen LogP contribution in [0.4, 0.5) is 11.5 Å². The van der Waals surface area contributed by atoms with Crippen molar-refractivity contribution in [2.75, 3.05) is 31.9 Å². The van der Waals surface area contributed by atoms with E-state index >= 15 is 0 Å². The highest BCUT2D eigenvalue weighted by atomic mass is 35.5. The number of hydrogen-bond donors (Lipinski definition) is 2. The van der Waals surface area contributed by atoms with Crippen LogP contribution >= 0.6 is 11.6 Å². The van der Waals surface area contributed by atoms with Gasteiger partial charge in [0.15, 0.2) is 5.82 Å². The normalized spacial score (nSPS) is 12.0. The molecule has 0 bridgehead atoms. The van der Waals surface area contributed by atoms with Crippen molar-refractivity contribution in [2.45, 2.75) is 19.4 Å². The molecule has 0 saturated heterocycles. The molecule has 7 heteroatoms. The lowest BCUT2D eigenvalue weighted by atomic mass is 10.1. The second-order valence-corrected chi connectivity index (χ2v) is 5.44. The summed E-state index contributed by atoms with van der Waals surface area (Å²) < 4.78 is 10.3. The monoisotopic (exact) mass is 336 g/mol. The molecule has 0 radical (unpaired) electrons. The molecule has 1 atom stereocenters. The fourth-order valence-corrected chi connectivity index (χ4v) is 2.46. The molecule has 2 aromatic rings. The fourth-order valence-electron chi connectivity index (χ4n) is 2.20. The quantitative estimate of drug-likeness (QED) is 0.807. The number of nitrogens with one attached hydrogen (secondary N) is 1. The number of methoxy groups -OCH3 is 2. The number of aromatic nitrogens is 2. The summed E-state index contributed by atoms with van der Waals surface area (Å²) in [7, 11) is 3.25. The summed E-state index contributed by atoms with van der Waals surface area (Å²) in [6.45, 7) is 2.63. The van der Waals surface area contributed by atoms with Gasteiger partial charge in [-0.05, 0) is 24.6 Å². The molecular formula is C16H21ClN4O2. The number of hydrogen-bond acceptors (Lipinski definition) is 6. The van der Waals surface area contributed by atoms with E-state index in [9.17, 15) is 0 Å². The second-order valence-electron chi connectivity index (χ2n) is 5.04. The van der Waals surface area contributed by atoms with E-state index in [-0.39, 0.29) is 6.04 Å². The molecule has 1 unspecified atom stereocenters. The van der Waals surface area contributed by atoms with E-state index in [1.807, 2.05) is 12.1 Å². The van der Waals surface area contributed by atoms with Crippen LogP contribution in [0.15, 0.2) is 24.5 Å². The van der Waals surface area contributed by atoms with Gasteiger partial charge in [0, 0.05) is 12.7 Å². The van der Waals surface area contributed by atoms with Gasteiger partial charge >= 0.3 is 0 Å². The number of nitrogens with zero attached hydrogens (tertiary/aromatic N) is 2. The predicted octanol–water partition coefficient (Wildman–Crippen LogP) is 3.22. The van der Waals surface area contributed by atoms with Crippen molar-refractivity contribution in [1.29, 1.82) is 0 Å². The lowest BCUT2D eigenvalue weighted by molar-refractivity contribution is 0.184. The number of halogens is 1. The zero-order valence-electron chi connectivity index (χ0n) is 13.5. The number of nitrogens with two attached hydrogens (primary N) is 1. The first kappa shape index (κ1) is 17.3. The minimum Gasteiger partial charge on any atom is -0.497 e. The number of nitrogen functional groups attached to an aromatic ring is 1. The van der Waals surface area contributed by atoms with E-state index in [0.717, 1.165) is 12.0 Å². The Balaban J connectivity index is 2.36. The Morgan fingerprint density at radius 1 is 1.30 bits per heavy atom. The van der Waals surface area contributed by atoms with Crippen molar-refractivity contribution < 1.29 is 9.47 Å². The maximum absolute atomic E-state index is 6.31. The summed E-state index contributed by atoms with van der Waals surface area (Å²) in [6.07, 6.45) is 2.35. The van der Waals surface area contributed by atoms with Crippen LogP contribution < -0.4 is 15.8 Å². The molecule has 1 heterocycles. The van der Waals surface area contributed by atoms with Crippen molar-refractivity contribution in [3.63, 3.8) is 0 Å². The molecule has 3 N–H and O–H groups in total.